The van der Waals surface area contributed by atoms with Crippen molar-refractivity contribution in [3.63, 3.8) is 0 Å². The normalized spacial score (nSPS) is 20.2. The minimum Gasteiger partial charge on any atom is -0.489 e. The van der Waals surface area contributed by atoms with Gasteiger partial charge in [-0.2, -0.15) is 5.10 Å². The number of nitrogens with zero attached hydrogens (tertiary/aromatic N) is 3. The Hall–Kier alpha value is -2.24. The minimum atomic E-state index is 0.547. The van der Waals surface area contributed by atoms with Crippen LogP contribution >= 0.6 is 11.9 Å². The number of hydrogen-bond donors (Lipinski definition) is 0. The van der Waals surface area contributed by atoms with Gasteiger partial charge in [-0.05, 0) is 43.0 Å². The molecule has 0 bridgehead atoms. The summed E-state index contributed by atoms with van der Waals surface area (Å²) in [7, 11) is 1.92. The van der Waals surface area contributed by atoms with E-state index in [1.807, 2.05) is 31.4 Å². The lowest BCUT2D eigenvalue weighted by atomic mass is 10.0. The van der Waals surface area contributed by atoms with Gasteiger partial charge in [0, 0.05) is 36.6 Å². The number of rotatable bonds is 6. The molecule has 28 heavy (non-hydrogen) atoms. The average molecular weight is 394 g/mol. The van der Waals surface area contributed by atoms with Crippen molar-refractivity contribution in [2.24, 2.45) is 7.05 Å². The van der Waals surface area contributed by atoms with Crippen LogP contribution in [0.1, 0.15) is 41.7 Å². The van der Waals surface area contributed by atoms with Crippen LogP contribution in [0.15, 0.2) is 67.0 Å². The molecule has 1 saturated heterocycles. The highest BCUT2D eigenvalue weighted by atomic mass is 32.2. The fourth-order valence-corrected chi connectivity index (χ4v) is 4.91. The Balaban J connectivity index is 1.35. The van der Waals surface area contributed by atoms with Gasteiger partial charge in [-0.1, -0.05) is 54.4 Å². The average Bonchev–Trinajstić information content (AvgIpc) is 3.15. The molecule has 1 unspecified atom stereocenters. The second-order valence-electron chi connectivity index (χ2n) is 7.46. The number of aryl methyl sites for hydroxylation is 1. The molecule has 4 rings (SSSR count). The van der Waals surface area contributed by atoms with Crippen molar-refractivity contribution >= 4 is 11.9 Å². The number of ether oxygens (including phenoxy) is 1. The molecule has 2 heterocycles. The molecule has 1 aromatic heterocycles. The fraction of sp³-hybridized carbons (Fsp3) is 0.348. The van der Waals surface area contributed by atoms with E-state index in [2.05, 4.69) is 70.9 Å². The summed E-state index contributed by atoms with van der Waals surface area (Å²) in [5.41, 5.74) is 3.84. The van der Waals surface area contributed by atoms with Crippen LogP contribution in [0, 0.1) is 0 Å². The molecule has 0 radical (unpaired) electrons. The molecule has 1 aliphatic rings. The summed E-state index contributed by atoms with van der Waals surface area (Å²) in [4.78, 5) is 0. The molecule has 1 fully saturated rings. The Morgan fingerprint density at radius 3 is 2.54 bits per heavy atom. The second kappa shape index (κ2) is 8.84. The Labute approximate surface area is 171 Å². The quantitative estimate of drug-likeness (QED) is 0.527. The summed E-state index contributed by atoms with van der Waals surface area (Å²) in [6.07, 6.45) is 6.30. The predicted octanol–water partition coefficient (Wildman–Crippen LogP) is 5.37. The van der Waals surface area contributed by atoms with Gasteiger partial charge in [0.25, 0.3) is 0 Å². The third kappa shape index (κ3) is 4.78. The van der Waals surface area contributed by atoms with Crippen LogP contribution in [0.4, 0.5) is 0 Å². The van der Waals surface area contributed by atoms with Crippen LogP contribution in [0.25, 0.3) is 0 Å². The van der Waals surface area contributed by atoms with Crippen molar-refractivity contribution in [2.75, 3.05) is 0 Å². The largest absolute Gasteiger partial charge is 0.489 e. The Morgan fingerprint density at radius 1 is 1.04 bits per heavy atom. The number of aromatic nitrogens is 2. The molecule has 146 valence electrons. The SMILES string of the molecule is C[C@H]1CCC(c2ccccc2)SN1Cc1ccc(OCc2cnn(C)c2)cc1. The van der Waals surface area contributed by atoms with E-state index in [9.17, 15) is 0 Å². The summed E-state index contributed by atoms with van der Waals surface area (Å²) in [5, 5.41) is 4.73. The van der Waals surface area contributed by atoms with Crippen LogP contribution in [-0.2, 0) is 20.2 Å². The summed E-state index contributed by atoms with van der Waals surface area (Å²) in [6.45, 7) is 3.84. The van der Waals surface area contributed by atoms with E-state index >= 15 is 0 Å². The van der Waals surface area contributed by atoms with E-state index in [1.54, 1.807) is 4.68 Å². The maximum absolute atomic E-state index is 5.87. The fourth-order valence-electron chi connectivity index (χ4n) is 3.53. The van der Waals surface area contributed by atoms with Crippen LogP contribution in [0.3, 0.4) is 0 Å². The number of hydrogen-bond acceptors (Lipinski definition) is 4. The molecule has 5 heteroatoms. The molecule has 0 N–H and O–H groups in total. The summed E-state index contributed by atoms with van der Waals surface area (Å²) < 4.78 is 10.2. The molecule has 0 saturated carbocycles. The van der Waals surface area contributed by atoms with Gasteiger partial charge in [-0.3, -0.25) is 4.68 Å². The van der Waals surface area contributed by atoms with Gasteiger partial charge in [0.2, 0.25) is 0 Å². The van der Waals surface area contributed by atoms with Crippen LogP contribution < -0.4 is 4.74 Å². The van der Waals surface area contributed by atoms with Crippen LogP contribution in [0.2, 0.25) is 0 Å². The van der Waals surface area contributed by atoms with E-state index in [0.29, 0.717) is 17.9 Å². The van der Waals surface area contributed by atoms with Crippen molar-refractivity contribution in [1.82, 2.24) is 14.1 Å². The first-order valence-electron chi connectivity index (χ1n) is 9.85. The second-order valence-corrected chi connectivity index (χ2v) is 8.71. The standard InChI is InChI=1S/C23H27N3OS/c1-18-8-13-23(21-6-4-3-5-7-21)28-26(18)16-19-9-11-22(12-10-19)27-17-20-14-24-25(2)15-20/h3-7,9-12,14-15,18,23H,8,13,16-17H2,1-2H3/t18-,23?/m0/s1. The maximum Gasteiger partial charge on any atom is 0.119 e. The highest BCUT2D eigenvalue weighted by molar-refractivity contribution is 7.97. The molecule has 0 spiro atoms. The molecule has 0 aliphatic carbocycles. The first kappa shape index (κ1) is 19.1. The minimum absolute atomic E-state index is 0.547. The van der Waals surface area contributed by atoms with E-state index in [-0.39, 0.29) is 0 Å². The zero-order valence-electron chi connectivity index (χ0n) is 16.5. The third-order valence-electron chi connectivity index (χ3n) is 5.20. The zero-order valence-corrected chi connectivity index (χ0v) is 17.3. The van der Waals surface area contributed by atoms with Gasteiger partial charge in [0.15, 0.2) is 0 Å². The Morgan fingerprint density at radius 2 is 1.82 bits per heavy atom. The lowest BCUT2D eigenvalue weighted by Gasteiger charge is -2.37. The van der Waals surface area contributed by atoms with Crippen molar-refractivity contribution in [3.05, 3.63) is 83.7 Å². The lowest BCUT2D eigenvalue weighted by molar-refractivity contribution is 0.305. The Bertz CT molecular complexity index is 878. The molecule has 3 aromatic rings. The summed E-state index contributed by atoms with van der Waals surface area (Å²) in [5.74, 6) is 0.897. The van der Waals surface area contributed by atoms with E-state index in [1.165, 1.54) is 24.0 Å². The van der Waals surface area contributed by atoms with Crippen molar-refractivity contribution in [1.29, 1.82) is 0 Å². The third-order valence-corrected chi connectivity index (χ3v) is 6.72. The van der Waals surface area contributed by atoms with E-state index in [4.69, 9.17) is 4.74 Å². The van der Waals surface area contributed by atoms with E-state index in [0.717, 1.165) is 17.9 Å². The molecular formula is C23H27N3OS. The lowest BCUT2D eigenvalue weighted by Crippen LogP contribution is -2.31. The molecular weight excluding hydrogens is 366 g/mol. The van der Waals surface area contributed by atoms with Gasteiger partial charge < -0.3 is 4.74 Å². The Kier molecular flexibility index (Phi) is 6.03. The van der Waals surface area contributed by atoms with Gasteiger partial charge in [-0.15, -0.1) is 0 Å². The van der Waals surface area contributed by atoms with Gasteiger partial charge in [0.05, 0.1) is 6.20 Å². The molecule has 4 nitrogen and oxygen atoms in total. The summed E-state index contributed by atoms with van der Waals surface area (Å²) in [6, 6.07) is 20.0. The molecule has 1 aliphatic heterocycles. The van der Waals surface area contributed by atoms with E-state index < -0.39 is 0 Å². The van der Waals surface area contributed by atoms with Crippen molar-refractivity contribution in [3.8, 4) is 5.75 Å². The van der Waals surface area contributed by atoms with Gasteiger partial charge >= 0.3 is 0 Å². The highest BCUT2D eigenvalue weighted by Gasteiger charge is 2.27. The smallest absolute Gasteiger partial charge is 0.119 e. The highest BCUT2D eigenvalue weighted by Crippen LogP contribution is 2.42. The molecule has 0 amide bonds. The van der Waals surface area contributed by atoms with Gasteiger partial charge in [-0.25, -0.2) is 4.31 Å². The first-order chi connectivity index (χ1) is 13.7. The van der Waals surface area contributed by atoms with Gasteiger partial charge in [0.1, 0.15) is 12.4 Å². The first-order valence-corrected chi connectivity index (χ1v) is 10.7. The molecule has 2 atom stereocenters. The predicted molar refractivity (Wildman–Crippen MR) is 115 cm³/mol. The van der Waals surface area contributed by atoms with Crippen molar-refractivity contribution < 1.29 is 4.74 Å². The van der Waals surface area contributed by atoms with Crippen LogP contribution in [-0.4, -0.2) is 20.1 Å². The zero-order chi connectivity index (χ0) is 19.3. The topological polar surface area (TPSA) is 30.3 Å². The maximum atomic E-state index is 5.87. The monoisotopic (exact) mass is 393 g/mol. The number of benzene rings is 2. The van der Waals surface area contributed by atoms with Crippen molar-refractivity contribution in [2.45, 2.75) is 44.2 Å². The summed E-state index contributed by atoms with van der Waals surface area (Å²) >= 11 is 1.99. The van der Waals surface area contributed by atoms with Crippen LogP contribution in [0.5, 0.6) is 5.75 Å². The molecule has 2 aromatic carbocycles.